The SMILES string of the molecule is Cc1cccc(NC(=O)CSc2nccn(-c3cccc(C)c3)c2=O)c1. The van der Waals surface area contributed by atoms with Crippen molar-refractivity contribution in [1.29, 1.82) is 0 Å². The molecule has 0 aliphatic carbocycles. The number of aryl methyl sites for hydroxylation is 2. The van der Waals surface area contributed by atoms with E-state index in [4.69, 9.17) is 0 Å². The Morgan fingerprint density at radius 3 is 2.58 bits per heavy atom. The topological polar surface area (TPSA) is 64.0 Å². The summed E-state index contributed by atoms with van der Waals surface area (Å²) in [6, 6.07) is 15.3. The van der Waals surface area contributed by atoms with E-state index in [1.807, 2.05) is 62.4 Å². The van der Waals surface area contributed by atoms with Crippen molar-refractivity contribution >= 4 is 23.4 Å². The molecule has 1 N–H and O–H groups in total. The van der Waals surface area contributed by atoms with Gasteiger partial charge in [-0.15, -0.1) is 0 Å². The van der Waals surface area contributed by atoms with Crippen molar-refractivity contribution < 1.29 is 4.79 Å². The summed E-state index contributed by atoms with van der Waals surface area (Å²) in [5.74, 6) is -0.0543. The summed E-state index contributed by atoms with van der Waals surface area (Å²) in [6.45, 7) is 3.94. The van der Waals surface area contributed by atoms with Crippen LogP contribution in [0.1, 0.15) is 11.1 Å². The molecule has 1 heterocycles. The van der Waals surface area contributed by atoms with Gasteiger partial charge in [0.25, 0.3) is 5.56 Å². The maximum Gasteiger partial charge on any atom is 0.287 e. The molecule has 0 fully saturated rings. The van der Waals surface area contributed by atoms with E-state index in [0.717, 1.165) is 34.3 Å². The highest BCUT2D eigenvalue weighted by Gasteiger charge is 2.10. The minimum atomic E-state index is -0.230. The maximum atomic E-state index is 12.6. The third-order valence-electron chi connectivity index (χ3n) is 3.73. The Labute approximate surface area is 156 Å². The summed E-state index contributed by atoms with van der Waals surface area (Å²) in [7, 11) is 0. The van der Waals surface area contributed by atoms with Gasteiger partial charge in [-0.3, -0.25) is 14.2 Å². The van der Waals surface area contributed by atoms with Crippen LogP contribution in [0.15, 0.2) is 70.7 Å². The summed E-state index contributed by atoms with van der Waals surface area (Å²) in [4.78, 5) is 28.9. The molecule has 0 spiro atoms. The molecule has 0 unspecified atom stereocenters. The molecule has 3 rings (SSSR count). The molecular weight excluding hydrogens is 346 g/mol. The summed E-state index contributed by atoms with van der Waals surface area (Å²) in [5.41, 5.74) is 3.43. The Morgan fingerprint density at radius 1 is 1.12 bits per heavy atom. The van der Waals surface area contributed by atoms with Crippen LogP contribution in [0.4, 0.5) is 5.69 Å². The Morgan fingerprint density at radius 2 is 1.85 bits per heavy atom. The number of aromatic nitrogens is 2. The Balaban J connectivity index is 1.71. The van der Waals surface area contributed by atoms with Gasteiger partial charge >= 0.3 is 0 Å². The molecule has 1 aromatic heterocycles. The number of anilines is 1. The van der Waals surface area contributed by atoms with E-state index >= 15 is 0 Å². The molecule has 26 heavy (non-hydrogen) atoms. The fraction of sp³-hybridized carbons (Fsp3) is 0.150. The van der Waals surface area contributed by atoms with Gasteiger partial charge in [0.15, 0.2) is 5.03 Å². The van der Waals surface area contributed by atoms with Gasteiger partial charge in [-0.25, -0.2) is 4.98 Å². The fourth-order valence-electron chi connectivity index (χ4n) is 2.53. The van der Waals surface area contributed by atoms with Crippen LogP contribution in [0.25, 0.3) is 5.69 Å². The van der Waals surface area contributed by atoms with Gasteiger partial charge in [-0.1, -0.05) is 36.0 Å². The van der Waals surface area contributed by atoms with E-state index in [0.29, 0.717) is 5.03 Å². The molecule has 0 saturated heterocycles. The Hall–Kier alpha value is -2.86. The van der Waals surface area contributed by atoms with Crippen LogP contribution in [0.5, 0.6) is 0 Å². The minimum absolute atomic E-state index is 0.119. The number of thioether (sulfide) groups is 1. The van der Waals surface area contributed by atoms with Crippen molar-refractivity contribution in [2.24, 2.45) is 0 Å². The monoisotopic (exact) mass is 365 g/mol. The molecular formula is C20H19N3O2S. The molecule has 6 heteroatoms. The van der Waals surface area contributed by atoms with Crippen LogP contribution in [0.3, 0.4) is 0 Å². The number of hydrogen-bond acceptors (Lipinski definition) is 4. The van der Waals surface area contributed by atoms with E-state index in [-0.39, 0.29) is 17.2 Å². The summed E-state index contributed by atoms with van der Waals surface area (Å²) >= 11 is 1.14. The molecule has 3 aromatic rings. The summed E-state index contributed by atoms with van der Waals surface area (Å²) in [5, 5.41) is 3.13. The van der Waals surface area contributed by atoms with Gasteiger partial charge in [0.05, 0.1) is 5.75 Å². The third-order valence-corrected chi connectivity index (χ3v) is 4.69. The van der Waals surface area contributed by atoms with Crippen molar-refractivity contribution in [2.45, 2.75) is 18.9 Å². The number of hydrogen-bond donors (Lipinski definition) is 1. The van der Waals surface area contributed by atoms with Crippen molar-refractivity contribution in [3.05, 3.63) is 82.4 Å². The number of rotatable bonds is 5. The van der Waals surface area contributed by atoms with Gasteiger partial charge in [0, 0.05) is 23.8 Å². The number of amides is 1. The molecule has 2 aromatic carbocycles. The number of benzene rings is 2. The lowest BCUT2D eigenvalue weighted by atomic mass is 10.2. The van der Waals surface area contributed by atoms with Crippen molar-refractivity contribution in [1.82, 2.24) is 9.55 Å². The van der Waals surface area contributed by atoms with Crippen LogP contribution in [0.2, 0.25) is 0 Å². The first-order valence-electron chi connectivity index (χ1n) is 8.17. The zero-order valence-corrected chi connectivity index (χ0v) is 15.4. The lowest BCUT2D eigenvalue weighted by Crippen LogP contribution is -2.22. The highest BCUT2D eigenvalue weighted by Crippen LogP contribution is 2.15. The Kier molecular flexibility index (Phi) is 5.53. The molecule has 0 bridgehead atoms. The molecule has 0 radical (unpaired) electrons. The third kappa shape index (κ3) is 4.40. The zero-order chi connectivity index (χ0) is 18.5. The van der Waals surface area contributed by atoms with Crippen molar-refractivity contribution in [2.75, 3.05) is 11.1 Å². The lowest BCUT2D eigenvalue weighted by molar-refractivity contribution is -0.113. The van der Waals surface area contributed by atoms with E-state index in [9.17, 15) is 9.59 Å². The first-order chi connectivity index (χ1) is 12.5. The van der Waals surface area contributed by atoms with E-state index in [1.165, 1.54) is 0 Å². The average molecular weight is 365 g/mol. The van der Waals surface area contributed by atoms with Gasteiger partial charge in [0.2, 0.25) is 5.91 Å². The highest BCUT2D eigenvalue weighted by molar-refractivity contribution is 7.99. The molecule has 0 atom stereocenters. The predicted octanol–water partition coefficient (Wildman–Crippen LogP) is 3.58. The quantitative estimate of drug-likeness (QED) is 0.702. The largest absolute Gasteiger partial charge is 0.325 e. The molecule has 0 saturated carbocycles. The maximum absolute atomic E-state index is 12.6. The lowest BCUT2D eigenvalue weighted by Gasteiger charge is -2.08. The van der Waals surface area contributed by atoms with Crippen LogP contribution < -0.4 is 10.9 Å². The minimum Gasteiger partial charge on any atom is -0.325 e. The highest BCUT2D eigenvalue weighted by atomic mass is 32.2. The molecule has 0 aliphatic rings. The van der Waals surface area contributed by atoms with Crippen LogP contribution in [-0.2, 0) is 4.79 Å². The van der Waals surface area contributed by atoms with Crippen molar-refractivity contribution in [3.63, 3.8) is 0 Å². The van der Waals surface area contributed by atoms with E-state index in [1.54, 1.807) is 17.0 Å². The number of nitrogens with zero attached hydrogens (tertiary/aromatic N) is 2. The van der Waals surface area contributed by atoms with E-state index in [2.05, 4.69) is 10.3 Å². The number of carbonyl (C=O) groups excluding carboxylic acids is 1. The first kappa shape index (κ1) is 17.9. The first-order valence-corrected chi connectivity index (χ1v) is 9.15. The Bertz CT molecular complexity index is 998. The van der Waals surface area contributed by atoms with Crippen molar-refractivity contribution in [3.8, 4) is 5.69 Å². The smallest absolute Gasteiger partial charge is 0.287 e. The summed E-state index contributed by atoms with van der Waals surface area (Å²) in [6.07, 6.45) is 3.21. The normalized spacial score (nSPS) is 10.5. The van der Waals surface area contributed by atoms with Crippen LogP contribution >= 0.6 is 11.8 Å². The van der Waals surface area contributed by atoms with Crippen LogP contribution in [0, 0.1) is 13.8 Å². The standard InChI is InChI=1S/C20H19N3O2S/c1-14-5-3-7-16(11-14)22-18(24)13-26-19-20(25)23(10-9-21-19)17-8-4-6-15(2)12-17/h3-12H,13H2,1-2H3,(H,22,24). The second kappa shape index (κ2) is 8.01. The van der Waals surface area contributed by atoms with Gasteiger partial charge < -0.3 is 5.32 Å². The van der Waals surface area contributed by atoms with Gasteiger partial charge in [0.1, 0.15) is 0 Å². The van der Waals surface area contributed by atoms with E-state index < -0.39 is 0 Å². The molecule has 132 valence electrons. The number of carbonyl (C=O) groups is 1. The second-order valence-electron chi connectivity index (χ2n) is 5.95. The molecule has 1 amide bonds. The second-order valence-corrected chi connectivity index (χ2v) is 6.92. The fourth-order valence-corrected chi connectivity index (χ4v) is 3.22. The van der Waals surface area contributed by atoms with Crippen LogP contribution in [-0.4, -0.2) is 21.2 Å². The zero-order valence-electron chi connectivity index (χ0n) is 14.6. The van der Waals surface area contributed by atoms with Gasteiger partial charge in [-0.2, -0.15) is 0 Å². The summed E-state index contributed by atoms with van der Waals surface area (Å²) < 4.78 is 1.54. The average Bonchev–Trinajstić information content (AvgIpc) is 2.61. The predicted molar refractivity (Wildman–Crippen MR) is 105 cm³/mol. The number of nitrogens with one attached hydrogen (secondary N) is 1. The molecule has 0 aliphatic heterocycles. The van der Waals surface area contributed by atoms with Gasteiger partial charge in [-0.05, 0) is 49.2 Å². The molecule has 5 nitrogen and oxygen atoms in total.